The Morgan fingerprint density at radius 3 is 2.72 bits per heavy atom. The lowest BCUT2D eigenvalue weighted by Crippen LogP contribution is -2.26. The van der Waals surface area contributed by atoms with Crippen LogP contribution in [0.5, 0.6) is 0 Å². The average molecular weight is 393 g/mol. The Morgan fingerprint density at radius 1 is 1.21 bits per heavy atom. The summed E-state index contributed by atoms with van der Waals surface area (Å²) < 4.78 is 14.6. The highest BCUT2D eigenvalue weighted by Crippen LogP contribution is 2.21. The van der Waals surface area contributed by atoms with Crippen LogP contribution in [0.2, 0.25) is 0 Å². The van der Waals surface area contributed by atoms with Gasteiger partial charge in [-0.15, -0.1) is 0 Å². The summed E-state index contributed by atoms with van der Waals surface area (Å²) in [5.41, 5.74) is 2.57. The molecule has 8 heteroatoms. The first-order valence-electron chi connectivity index (χ1n) is 9.35. The number of nitrogens with zero attached hydrogens (tertiary/aromatic N) is 4. The highest BCUT2D eigenvalue weighted by molar-refractivity contribution is 5.95. The fraction of sp³-hybridized carbons (Fsp3) is 0.238. The van der Waals surface area contributed by atoms with Gasteiger partial charge in [-0.2, -0.15) is 5.10 Å². The summed E-state index contributed by atoms with van der Waals surface area (Å²) in [5.74, 6) is 0.0826. The molecule has 7 nitrogen and oxygen atoms in total. The second kappa shape index (κ2) is 7.83. The van der Waals surface area contributed by atoms with Gasteiger partial charge in [0, 0.05) is 38.3 Å². The maximum Gasteiger partial charge on any atom is 0.269 e. The van der Waals surface area contributed by atoms with Gasteiger partial charge < -0.3 is 5.32 Å². The van der Waals surface area contributed by atoms with Crippen LogP contribution in [-0.2, 0) is 18.4 Å². The fourth-order valence-electron chi connectivity index (χ4n) is 3.32. The number of anilines is 1. The number of benzene rings is 1. The molecule has 29 heavy (non-hydrogen) atoms. The number of hydrogen-bond donors (Lipinski definition) is 1. The number of pyridine rings is 1. The van der Waals surface area contributed by atoms with E-state index in [1.807, 2.05) is 6.07 Å². The molecule has 1 aliphatic rings. The third-order valence-electron chi connectivity index (χ3n) is 4.87. The van der Waals surface area contributed by atoms with Crippen LogP contribution in [0.1, 0.15) is 28.9 Å². The van der Waals surface area contributed by atoms with E-state index in [1.54, 1.807) is 42.4 Å². The van der Waals surface area contributed by atoms with Crippen LogP contribution in [0.15, 0.2) is 48.7 Å². The molecule has 4 rings (SSSR count). The van der Waals surface area contributed by atoms with Crippen molar-refractivity contribution in [1.29, 1.82) is 0 Å². The maximum atomic E-state index is 13.1. The minimum atomic E-state index is -0.324. The SMILES string of the molecule is Cn1nc(-c2ccc(F)cc2)cc1C(=O)NCc1ccnc(N2CCCC2=O)c1. The summed E-state index contributed by atoms with van der Waals surface area (Å²) in [7, 11) is 1.69. The van der Waals surface area contributed by atoms with E-state index >= 15 is 0 Å². The second-order valence-corrected chi connectivity index (χ2v) is 6.90. The predicted molar refractivity (Wildman–Crippen MR) is 106 cm³/mol. The van der Waals surface area contributed by atoms with E-state index in [-0.39, 0.29) is 17.6 Å². The van der Waals surface area contributed by atoms with E-state index in [9.17, 15) is 14.0 Å². The number of carbonyl (C=O) groups is 2. The standard InChI is InChI=1S/C21H20FN5O2/c1-26-18(12-17(25-26)15-4-6-16(22)7-5-15)21(29)24-13-14-8-9-23-19(11-14)27-10-2-3-20(27)28/h4-9,11-12H,2-3,10,13H2,1H3,(H,24,29). The predicted octanol–water partition coefficient (Wildman–Crippen LogP) is 2.68. The van der Waals surface area contributed by atoms with Gasteiger partial charge in [0.05, 0.1) is 5.69 Å². The Balaban J connectivity index is 1.45. The van der Waals surface area contributed by atoms with Crippen molar-refractivity contribution in [1.82, 2.24) is 20.1 Å². The number of carbonyl (C=O) groups excluding carboxylic acids is 2. The third kappa shape index (κ3) is 4.01. The molecule has 148 valence electrons. The molecule has 0 aliphatic carbocycles. The van der Waals surface area contributed by atoms with Crippen LogP contribution >= 0.6 is 0 Å². The van der Waals surface area contributed by atoms with Crippen molar-refractivity contribution in [3.8, 4) is 11.3 Å². The number of rotatable bonds is 5. The third-order valence-corrected chi connectivity index (χ3v) is 4.87. The number of hydrogen-bond acceptors (Lipinski definition) is 4. The van der Waals surface area contributed by atoms with Gasteiger partial charge in [-0.1, -0.05) is 0 Å². The lowest BCUT2D eigenvalue weighted by Gasteiger charge is -2.15. The molecule has 1 saturated heterocycles. The molecular weight excluding hydrogens is 373 g/mol. The Hall–Kier alpha value is -3.55. The molecule has 1 N–H and O–H groups in total. The molecule has 0 spiro atoms. The first kappa shape index (κ1) is 18.8. The first-order valence-corrected chi connectivity index (χ1v) is 9.35. The summed E-state index contributed by atoms with van der Waals surface area (Å²) in [6.07, 6.45) is 3.01. The topological polar surface area (TPSA) is 80.1 Å². The molecule has 1 aliphatic heterocycles. The molecule has 3 heterocycles. The van der Waals surface area contributed by atoms with Crippen LogP contribution in [0, 0.1) is 5.82 Å². The van der Waals surface area contributed by atoms with Gasteiger partial charge >= 0.3 is 0 Å². The van der Waals surface area contributed by atoms with E-state index in [4.69, 9.17) is 0 Å². The fourth-order valence-corrected chi connectivity index (χ4v) is 3.32. The summed E-state index contributed by atoms with van der Waals surface area (Å²) in [4.78, 5) is 30.5. The molecule has 2 aromatic heterocycles. The zero-order valence-corrected chi connectivity index (χ0v) is 15.9. The summed E-state index contributed by atoms with van der Waals surface area (Å²) in [5, 5.41) is 7.21. The Labute approximate surface area is 167 Å². The molecule has 1 fully saturated rings. The smallest absolute Gasteiger partial charge is 0.269 e. The van der Waals surface area contributed by atoms with Crippen LogP contribution in [0.25, 0.3) is 11.3 Å². The number of halogens is 1. The minimum Gasteiger partial charge on any atom is -0.347 e. The normalized spacial score (nSPS) is 13.7. The summed E-state index contributed by atoms with van der Waals surface area (Å²) in [6, 6.07) is 11.2. The van der Waals surface area contributed by atoms with Crippen molar-refractivity contribution in [2.24, 2.45) is 7.05 Å². The zero-order chi connectivity index (χ0) is 20.4. The molecule has 0 radical (unpaired) electrons. The Morgan fingerprint density at radius 2 is 2.00 bits per heavy atom. The van der Waals surface area contributed by atoms with Crippen molar-refractivity contribution in [3.05, 3.63) is 65.7 Å². The zero-order valence-electron chi connectivity index (χ0n) is 15.9. The number of amides is 2. The number of aryl methyl sites for hydroxylation is 1. The van der Waals surface area contributed by atoms with Gasteiger partial charge in [0.2, 0.25) is 5.91 Å². The van der Waals surface area contributed by atoms with Gasteiger partial charge in [-0.3, -0.25) is 19.2 Å². The van der Waals surface area contributed by atoms with E-state index in [0.717, 1.165) is 17.5 Å². The van der Waals surface area contributed by atoms with Crippen LogP contribution < -0.4 is 10.2 Å². The van der Waals surface area contributed by atoms with Crippen LogP contribution in [0.4, 0.5) is 10.2 Å². The van der Waals surface area contributed by atoms with Crippen molar-refractivity contribution < 1.29 is 14.0 Å². The van der Waals surface area contributed by atoms with Crippen molar-refractivity contribution in [2.75, 3.05) is 11.4 Å². The highest BCUT2D eigenvalue weighted by atomic mass is 19.1. The molecule has 0 unspecified atom stereocenters. The van der Waals surface area contributed by atoms with Crippen molar-refractivity contribution in [2.45, 2.75) is 19.4 Å². The Bertz CT molecular complexity index is 1060. The quantitative estimate of drug-likeness (QED) is 0.723. The summed E-state index contributed by atoms with van der Waals surface area (Å²) >= 11 is 0. The van der Waals surface area contributed by atoms with E-state index in [2.05, 4.69) is 15.4 Å². The van der Waals surface area contributed by atoms with Gasteiger partial charge in [0.1, 0.15) is 17.3 Å². The molecule has 1 aromatic carbocycles. The van der Waals surface area contributed by atoms with Crippen molar-refractivity contribution in [3.63, 3.8) is 0 Å². The first-order chi connectivity index (χ1) is 14.0. The second-order valence-electron chi connectivity index (χ2n) is 6.90. The van der Waals surface area contributed by atoms with Crippen molar-refractivity contribution >= 4 is 17.6 Å². The van der Waals surface area contributed by atoms with Gasteiger partial charge in [0.15, 0.2) is 0 Å². The largest absolute Gasteiger partial charge is 0.347 e. The number of nitrogens with one attached hydrogen (secondary N) is 1. The molecule has 0 atom stereocenters. The number of aromatic nitrogens is 3. The van der Waals surface area contributed by atoms with Gasteiger partial charge in [-0.05, 0) is 54.4 Å². The molecule has 2 amide bonds. The molecular formula is C21H20FN5O2. The van der Waals surface area contributed by atoms with E-state index in [0.29, 0.717) is 36.7 Å². The van der Waals surface area contributed by atoms with Gasteiger partial charge in [0.25, 0.3) is 5.91 Å². The van der Waals surface area contributed by atoms with Crippen LogP contribution in [0.3, 0.4) is 0 Å². The lowest BCUT2D eigenvalue weighted by molar-refractivity contribution is -0.117. The maximum absolute atomic E-state index is 13.1. The molecule has 3 aromatic rings. The average Bonchev–Trinajstić information content (AvgIpc) is 3.32. The monoisotopic (exact) mass is 393 g/mol. The van der Waals surface area contributed by atoms with E-state index < -0.39 is 0 Å². The highest BCUT2D eigenvalue weighted by Gasteiger charge is 2.23. The molecule has 0 bridgehead atoms. The minimum absolute atomic E-state index is 0.0712. The molecule has 0 saturated carbocycles. The van der Waals surface area contributed by atoms with Gasteiger partial charge in [-0.25, -0.2) is 9.37 Å². The lowest BCUT2D eigenvalue weighted by atomic mass is 10.1. The van der Waals surface area contributed by atoms with E-state index in [1.165, 1.54) is 16.8 Å². The Kier molecular flexibility index (Phi) is 5.07. The summed E-state index contributed by atoms with van der Waals surface area (Å²) in [6.45, 7) is 0.969. The van der Waals surface area contributed by atoms with Crippen LogP contribution in [-0.4, -0.2) is 33.1 Å².